The Labute approximate surface area is 134 Å². The van der Waals surface area contributed by atoms with Crippen LogP contribution in [0.4, 0.5) is 0 Å². The van der Waals surface area contributed by atoms with E-state index in [1.807, 2.05) is 38.1 Å². The van der Waals surface area contributed by atoms with Crippen LogP contribution in [0.25, 0.3) is 11.1 Å². The largest absolute Gasteiger partial charge is 0.409 e. The molecule has 0 aliphatic carbocycles. The van der Waals surface area contributed by atoms with Crippen molar-refractivity contribution in [1.29, 1.82) is 0 Å². The first-order valence-corrected chi connectivity index (χ1v) is 7.84. The number of rotatable bonds is 5. The minimum Gasteiger partial charge on any atom is -0.409 e. The highest BCUT2D eigenvalue weighted by Crippen LogP contribution is 2.24. The molecule has 0 amide bonds. The lowest BCUT2D eigenvalue weighted by Crippen LogP contribution is -2.24. The summed E-state index contributed by atoms with van der Waals surface area (Å²) in [6, 6.07) is 9.14. The Balaban J connectivity index is 1.99. The summed E-state index contributed by atoms with van der Waals surface area (Å²) in [5.74, 6) is 0.246. The maximum absolute atomic E-state index is 12.6. The Kier molecular flexibility index (Phi) is 4.19. The summed E-state index contributed by atoms with van der Waals surface area (Å²) in [7, 11) is 0. The first-order valence-electron chi connectivity index (χ1n) is 7.84. The van der Waals surface area contributed by atoms with Gasteiger partial charge in [-0.2, -0.15) is 4.98 Å². The molecule has 0 bridgehead atoms. The van der Waals surface area contributed by atoms with Crippen LogP contribution < -0.4 is 10.3 Å². The number of aryl methyl sites for hydroxylation is 1. The summed E-state index contributed by atoms with van der Waals surface area (Å²) < 4.78 is 12.9. The second-order valence-corrected chi connectivity index (χ2v) is 5.64. The summed E-state index contributed by atoms with van der Waals surface area (Å²) in [6.45, 7) is 6.71. The average Bonchev–Trinajstić information content (AvgIpc) is 2.95. The molecule has 3 rings (SSSR count). The number of fused-ring (bicyclic) bond motifs is 1. The van der Waals surface area contributed by atoms with Crippen LogP contribution in [0.3, 0.4) is 0 Å². The zero-order chi connectivity index (χ0) is 16.4. The fourth-order valence-electron chi connectivity index (χ4n) is 2.51. The van der Waals surface area contributed by atoms with Gasteiger partial charge in [-0.15, -0.1) is 0 Å². The van der Waals surface area contributed by atoms with Gasteiger partial charge in [0.2, 0.25) is 0 Å². The van der Waals surface area contributed by atoms with Crippen LogP contribution in [0.15, 0.2) is 39.5 Å². The van der Waals surface area contributed by atoms with Crippen molar-refractivity contribution in [2.24, 2.45) is 0 Å². The standard InChI is InChI=1S/C18H20N2O3/c1-4-5-10-20-13(3)12(2)11-16(17(20)21)23-18-19-14-8-6-7-9-15(14)22-18/h6-9,11H,4-5,10H2,1-3H3. The Morgan fingerprint density at radius 2 is 2.04 bits per heavy atom. The molecule has 0 saturated heterocycles. The van der Waals surface area contributed by atoms with Gasteiger partial charge in [-0.1, -0.05) is 25.5 Å². The number of aromatic nitrogens is 2. The number of hydrogen-bond donors (Lipinski definition) is 0. The van der Waals surface area contributed by atoms with Gasteiger partial charge in [0.05, 0.1) is 0 Å². The number of hydrogen-bond acceptors (Lipinski definition) is 4. The number of nitrogens with zero attached hydrogens (tertiary/aromatic N) is 2. The van der Waals surface area contributed by atoms with E-state index in [2.05, 4.69) is 11.9 Å². The van der Waals surface area contributed by atoms with Gasteiger partial charge in [0.25, 0.3) is 5.56 Å². The molecular formula is C18H20N2O3. The zero-order valence-corrected chi connectivity index (χ0v) is 13.6. The van der Waals surface area contributed by atoms with Gasteiger partial charge < -0.3 is 13.7 Å². The minimum atomic E-state index is -0.149. The van der Waals surface area contributed by atoms with Gasteiger partial charge in [-0.25, -0.2) is 0 Å². The Bertz CT molecular complexity index is 860. The second kappa shape index (κ2) is 6.28. The molecule has 5 nitrogen and oxygen atoms in total. The van der Waals surface area contributed by atoms with Crippen molar-refractivity contribution in [3.63, 3.8) is 0 Å². The van der Waals surface area contributed by atoms with Crippen molar-refractivity contribution in [1.82, 2.24) is 9.55 Å². The summed E-state index contributed by atoms with van der Waals surface area (Å²) in [5, 5.41) is 0. The van der Waals surface area contributed by atoms with Crippen molar-refractivity contribution in [3.05, 3.63) is 51.9 Å². The predicted molar refractivity (Wildman–Crippen MR) is 89.2 cm³/mol. The summed E-state index contributed by atoms with van der Waals surface area (Å²) >= 11 is 0. The second-order valence-electron chi connectivity index (χ2n) is 5.64. The van der Waals surface area contributed by atoms with Crippen LogP contribution in [0.1, 0.15) is 31.0 Å². The Morgan fingerprint density at radius 3 is 2.78 bits per heavy atom. The molecule has 0 saturated carbocycles. The average molecular weight is 312 g/mol. The quantitative estimate of drug-likeness (QED) is 0.708. The van der Waals surface area contributed by atoms with Crippen LogP contribution >= 0.6 is 0 Å². The number of unbranched alkanes of at least 4 members (excludes halogenated alkanes) is 1. The molecule has 1 aromatic carbocycles. The van der Waals surface area contributed by atoms with E-state index >= 15 is 0 Å². The molecule has 5 heteroatoms. The fourth-order valence-corrected chi connectivity index (χ4v) is 2.51. The molecule has 0 fully saturated rings. The molecule has 0 unspecified atom stereocenters. The number of benzene rings is 1. The lowest BCUT2D eigenvalue weighted by atomic mass is 10.2. The molecule has 2 heterocycles. The van der Waals surface area contributed by atoms with Crippen molar-refractivity contribution in [2.75, 3.05) is 0 Å². The fraction of sp³-hybridized carbons (Fsp3) is 0.333. The molecule has 0 aliphatic rings. The first-order chi connectivity index (χ1) is 11.1. The normalized spacial score (nSPS) is 11.1. The third-order valence-electron chi connectivity index (χ3n) is 3.99. The minimum absolute atomic E-state index is 0.0913. The van der Waals surface area contributed by atoms with E-state index in [0.717, 1.165) is 24.1 Å². The molecule has 0 spiro atoms. The van der Waals surface area contributed by atoms with Crippen LogP contribution in [-0.2, 0) is 6.54 Å². The maximum atomic E-state index is 12.6. The van der Waals surface area contributed by atoms with E-state index in [1.165, 1.54) is 0 Å². The number of ether oxygens (including phenoxy) is 1. The van der Waals surface area contributed by atoms with Crippen LogP contribution in [0, 0.1) is 13.8 Å². The van der Waals surface area contributed by atoms with Crippen LogP contribution in [0.2, 0.25) is 0 Å². The number of pyridine rings is 1. The molecule has 23 heavy (non-hydrogen) atoms. The van der Waals surface area contributed by atoms with Crippen molar-refractivity contribution in [2.45, 2.75) is 40.2 Å². The van der Waals surface area contributed by atoms with E-state index in [0.29, 0.717) is 17.6 Å². The van der Waals surface area contributed by atoms with Gasteiger partial charge in [-0.3, -0.25) is 4.79 Å². The monoisotopic (exact) mass is 312 g/mol. The van der Waals surface area contributed by atoms with Gasteiger partial charge in [0.1, 0.15) is 5.52 Å². The lowest BCUT2D eigenvalue weighted by molar-refractivity contribution is 0.336. The smallest absolute Gasteiger partial charge is 0.400 e. The molecule has 120 valence electrons. The van der Waals surface area contributed by atoms with Gasteiger partial charge in [0.15, 0.2) is 11.3 Å². The van der Waals surface area contributed by atoms with E-state index in [9.17, 15) is 4.79 Å². The summed E-state index contributed by atoms with van der Waals surface area (Å²) in [4.78, 5) is 16.9. The Morgan fingerprint density at radius 1 is 1.26 bits per heavy atom. The van der Waals surface area contributed by atoms with Gasteiger partial charge in [0, 0.05) is 12.2 Å². The highest BCUT2D eigenvalue weighted by atomic mass is 16.6. The number of para-hydroxylation sites is 2. The van der Waals surface area contributed by atoms with E-state index < -0.39 is 0 Å². The van der Waals surface area contributed by atoms with E-state index in [1.54, 1.807) is 10.6 Å². The summed E-state index contributed by atoms with van der Waals surface area (Å²) in [5.41, 5.74) is 3.17. The van der Waals surface area contributed by atoms with Crippen molar-refractivity contribution < 1.29 is 9.15 Å². The predicted octanol–water partition coefficient (Wildman–Crippen LogP) is 4.20. The maximum Gasteiger partial charge on any atom is 0.400 e. The van der Waals surface area contributed by atoms with Crippen LogP contribution in [0.5, 0.6) is 11.8 Å². The molecule has 0 atom stereocenters. The van der Waals surface area contributed by atoms with E-state index in [4.69, 9.17) is 9.15 Å². The molecule has 2 aromatic heterocycles. The molecular weight excluding hydrogens is 292 g/mol. The lowest BCUT2D eigenvalue weighted by Gasteiger charge is -2.13. The van der Waals surface area contributed by atoms with Crippen molar-refractivity contribution in [3.8, 4) is 11.8 Å². The third-order valence-corrected chi connectivity index (χ3v) is 3.99. The third kappa shape index (κ3) is 2.99. The van der Waals surface area contributed by atoms with Crippen molar-refractivity contribution >= 4 is 11.1 Å². The molecule has 0 aliphatic heterocycles. The SMILES string of the molecule is CCCCn1c(C)c(C)cc(Oc2nc3ccccc3o2)c1=O. The highest BCUT2D eigenvalue weighted by Gasteiger charge is 2.14. The topological polar surface area (TPSA) is 57.3 Å². The zero-order valence-electron chi connectivity index (χ0n) is 13.6. The summed E-state index contributed by atoms with van der Waals surface area (Å²) in [6.07, 6.45) is 2.07. The van der Waals surface area contributed by atoms with E-state index in [-0.39, 0.29) is 17.4 Å². The molecule has 0 N–H and O–H groups in total. The number of oxazole rings is 1. The molecule has 0 radical (unpaired) electrons. The van der Waals surface area contributed by atoms with Gasteiger partial charge in [-0.05, 0) is 44.0 Å². The highest BCUT2D eigenvalue weighted by molar-refractivity contribution is 5.72. The molecule has 3 aromatic rings. The Hall–Kier alpha value is -2.56. The van der Waals surface area contributed by atoms with Gasteiger partial charge >= 0.3 is 6.08 Å². The van der Waals surface area contributed by atoms with Crippen LogP contribution in [-0.4, -0.2) is 9.55 Å². The first kappa shape index (κ1) is 15.3.